The third kappa shape index (κ3) is 2.87. The maximum atomic E-state index is 12.9. The number of aryl methyl sites for hydroxylation is 4. The number of nitrogens with zero attached hydrogens (tertiary/aromatic N) is 1. The molecule has 0 radical (unpaired) electrons. The van der Waals surface area contributed by atoms with Crippen molar-refractivity contribution in [3.8, 4) is 0 Å². The lowest BCUT2D eigenvalue weighted by molar-refractivity contribution is 0.0693. The van der Waals surface area contributed by atoms with Crippen LogP contribution in [0.25, 0.3) is 11.0 Å². The maximum absolute atomic E-state index is 12.9. The number of carbonyl (C=O) groups is 2. The molecule has 6 heteroatoms. The van der Waals surface area contributed by atoms with Gasteiger partial charge in [-0.05, 0) is 44.9 Å². The van der Waals surface area contributed by atoms with Gasteiger partial charge in [0, 0.05) is 18.0 Å². The molecule has 0 saturated heterocycles. The van der Waals surface area contributed by atoms with Crippen molar-refractivity contribution in [2.75, 3.05) is 7.05 Å². The van der Waals surface area contributed by atoms with E-state index in [-0.39, 0.29) is 18.0 Å². The molecule has 0 bridgehead atoms. The van der Waals surface area contributed by atoms with E-state index < -0.39 is 5.97 Å². The van der Waals surface area contributed by atoms with Crippen LogP contribution in [-0.4, -0.2) is 28.9 Å². The molecule has 26 heavy (non-hydrogen) atoms. The van der Waals surface area contributed by atoms with Gasteiger partial charge < -0.3 is 18.8 Å². The van der Waals surface area contributed by atoms with Gasteiger partial charge in [-0.25, -0.2) is 4.79 Å². The van der Waals surface area contributed by atoms with Gasteiger partial charge >= 0.3 is 5.97 Å². The molecule has 1 aromatic carbocycles. The van der Waals surface area contributed by atoms with Crippen molar-refractivity contribution in [1.82, 2.24) is 4.90 Å². The largest absolute Gasteiger partial charge is 0.478 e. The Labute approximate surface area is 151 Å². The minimum Gasteiger partial charge on any atom is -0.478 e. The first-order chi connectivity index (χ1) is 12.2. The van der Waals surface area contributed by atoms with Gasteiger partial charge in [0.25, 0.3) is 5.91 Å². The Bertz CT molecular complexity index is 1020. The SMILES string of the molecule is Cc1oc(CN(C)C(=O)c2oc3c(C)ccc(C)c3c2C)cc1C(=O)O. The zero-order chi connectivity index (χ0) is 19.2. The fourth-order valence-corrected chi connectivity index (χ4v) is 3.19. The van der Waals surface area contributed by atoms with Crippen LogP contribution in [0.5, 0.6) is 0 Å². The molecule has 0 spiro atoms. The first-order valence-electron chi connectivity index (χ1n) is 8.28. The van der Waals surface area contributed by atoms with Crippen LogP contribution in [-0.2, 0) is 6.54 Å². The molecule has 2 heterocycles. The number of fused-ring (bicyclic) bond motifs is 1. The molecular weight excluding hydrogens is 334 g/mol. The summed E-state index contributed by atoms with van der Waals surface area (Å²) in [4.78, 5) is 25.4. The molecule has 0 aliphatic heterocycles. The van der Waals surface area contributed by atoms with E-state index in [1.807, 2.05) is 32.9 Å². The zero-order valence-electron chi connectivity index (χ0n) is 15.5. The number of hydrogen-bond acceptors (Lipinski definition) is 4. The number of benzene rings is 1. The average Bonchev–Trinajstić information content (AvgIpc) is 3.11. The number of aromatic carboxylic acids is 1. The van der Waals surface area contributed by atoms with E-state index in [1.165, 1.54) is 11.0 Å². The van der Waals surface area contributed by atoms with Gasteiger partial charge in [0.1, 0.15) is 22.7 Å². The fraction of sp³-hybridized carbons (Fsp3) is 0.300. The van der Waals surface area contributed by atoms with Crippen molar-refractivity contribution in [1.29, 1.82) is 0 Å². The highest BCUT2D eigenvalue weighted by Gasteiger charge is 2.24. The monoisotopic (exact) mass is 355 g/mol. The van der Waals surface area contributed by atoms with E-state index in [1.54, 1.807) is 14.0 Å². The molecule has 0 atom stereocenters. The van der Waals surface area contributed by atoms with E-state index in [0.29, 0.717) is 17.3 Å². The summed E-state index contributed by atoms with van der Waals surface area (Å²) in [7, 11) is 1.63. The second-order valence-electron chi connectivity index (χ2n) is 6.61. The molecule has 1 N–H and O–H groups in total. The number of carboxylic acids is 1. The highest BCUT2D eigenvalue weighted by Crippen LogP contribution is 2.31. The third-order valence-electron chi connectivity index (χ3n) is 4.62. The predicted octanol–water partition coefficient (Wildman–Crippen LogP) is 4.23. The first-order valence-corrected chi connectivity index (χ1v) is 8.28. The summed E-state index contributed by atoms with van der Waals surface area (Å²) in [5.74, 6) is -0.299. The highest BCUT2D eigenvalue weighted by atomic mass is 16.4. The molecule has 3 aromatic rings. The van der Waals surface area contributed by atoms with Gasteiger partial charge in [-0.1, -0.05) is 12.1 Å². The Morgan fingerprint density at radius 2 is 1.73 bits per heavy atom. The van der Waals surface area contributed by atoms with Crippen LogP contribution in [0.4, 0.5) is 0 Å². The van der Waals surface area contributed by atoms with E-state index in [2.05, 4.69) is 0 Å². The predicted molar refractivity (Wildman–Crippen MR) is 96.6 cm³/mol. The molecule has 0 fully saturated rings. The molecule has 136 valence electrons. The van der Waals surface area contributed by atoms with Gasteiger partial charge in [-0.3, -0.25) is 4.79 Å². The van der Waals surface area contributed by atoms with Crippen LogP contribution < -0.4 is 0 Å². The van der Waals surface area contributed by atoms with Crippen LogP contribution in [0.2, 0.25) is 0 Å². The highest BCUT2D eigenvalue weighted by molar-refractivity contribution is 6.00. The molecule has 0 saturated carbocycles. The molecule has 2 aromatic heterocycles. The zero-order valence-corrected chi connectivity index (χ0v) is 15.5. The number of furan rings is 2. The summed E-state index contributed by atoms with van der Waals surface area (Å²) < 4.78 is 11.3. The van der Waals surface area contributed by atoms with Crippen molar-refractivity contribution >= 4 is 22.8 Å². The Morgan fingerprint density at radius 3 is 2.31 bits per heavy atom. The average molecular weight is 355 g/mol. The molecule has 3 rings (SSSR count). The second kappa shape index (κ2) is 6.37. The molecule has 0 aliphatic carbocycles. The van der Waals surface area contributed by atoms with Gasteiger partial charge in [0.2, 0.25) is 0 Å². The summed E-state index contributed by atoms with van der Waals surface area (Å²) in [5, 5.41) is 10.1. The van der Waals surface area contributed by atoms with Crippen LogP contribution >= 0.6 is 0 Å². The first kappa shape index (κ1) is 17.8. The number of amides is 1. The van der Waals surface area contributed by atoms with Crippen molar-refractivity contribution in [3.05, 3.63) is 57.7 Å². The smallest absolute Gasteiger partial charge is 0.339 e. The van der Waals surface area contributed by atoms with E-state index in [4.69, 9.17) is 13.9 Å². The minimum atomic E-state index is -1.05. The molecule has 6 nitrogen and oxygen atoms in total. The van der Waals surface area contributed by atoms with Crippen LogP contribution in [0.15, 0.2) is 27.0 Å². The van der Waals surface area contributed by atoms with Gasteiger partial charge in [0.05, 0.1) is 6.54 Å². The Morgan fingerprint density at radius 1 is 1.08 bits per heavy atom. The number of hydrogen-bond donors (Lipinski definition) is 1. The van der Waals surface area contributed by atoms with Crippen molar-refractivity contribution in [2.45, 2.75) is 34.2 Å². The van der Waals surface area contributed by atoms with E-state index >= 15 is 0 Å². The third-order valence-corrected chi connectivity index (χ3v) is 4.62. The molecule has 0 aliphatic rings. The standard InChI is InChI=1S/C20H21NO5/c1-10-6-7-11(2)17-16(10)12(3)18(26-17)19(22)21(5)9-14-8-15(20(23)24)13(4)25-14/h6-8H,9H2,1-5H3,(H,23,24). The summed E-state index contributed by atoms with van der Waals surface area (Å²) in [5.41, 5.74) is 3.66. The van der Waals surface area contributed by atoms with Crippen molar-refractivity contribution in [3.63, 3.8) is 0 Å². The molecule has 1 amide bonds. The molecular formula is C20H21NO5. The second-order valence-corrected chi connectivity index (χ2v) is 6.61. The Hall–Kier alpha value is -3.02. The minimum absolute atomic E-state index is 0.104. The Balaban J connectivity index is 1.92. The summed E-state index contributed by atoms with van der Waals surface area (Å²) in [6.45, 7) is 7.55. The summed E-state index contributed by atoms with van der Waals surface area (Å²) in [6.07, 6.45) is 0. The number of carboxylic acid groups (broad SMARTS) is 1. The van der Waals surface area contributed by atoms with Gasteiger partial charge in [-0.15, -0.1) is 0 Å². The van der Waals surface area contributed by atoms with Gasteiger partial charge in [-0.2, -0.15) is 0 Å². The van der Waals surface area contributed by atoms with Crippen LogP contribution in [0, 0.1) is 27.7 Å². The lowest BCUT2D eigenvalue weighted by Gasteiger charge is -2.14. The maximum Gasteiger partial charge on any atom is 0.339 e. The molecule has 0 unspecified atom stereocenters. The summed E-state index contributed by atoms with van der Waals surface area (Å²) in [6, 6.07) is 5.43. The van der Waals surface area contributed by atoms with Gasteiger partial charge in [0.15, 0.2) is 5.76 Å². The van der Waals surface area contributed by atoms with Crippen LogP contribution in [0.3, 0.4) is 0 Å². The fourth-order valence-electron chi connectivity index (χ4n) is 3.19. The van der Waals surface area contributed by atoms with E-state index in [9.17, 15) is 9.59 Å². The van der Waals surface area contributed by atoms with Crippen molar-refractivity contribution in [2.24, 2.45) is 0 Å². The normalized spacial score (nSPS) is 11.1. The lowest BCUT2D eigenvalue weighted by Crippen LogP contribution is -2.26. The van der Waals surface area contributed by atoms with E-state index in [0.717, 1.165) is 27.7 Å². The Kier molecular flexibility index (Phi) is 4.36. The lowest BCUT2D eigenvalue weighted by atomic mass is 10.0. The summed E-state index contributed by atoms with van der Waals surface area (Å²) >= 11 is 0. The number of rotatable bonds is 4. The van der Waals surface area contributed by atoms with Crippen LogP contribution in [0.1, 0.15) is 49.1 Å². The quantitative estimate of drug-likeness (QED) is 0.757. The number of carbonyl (C=O) groups excluding carboxylic acids is 1. The van der Waals surface area contributed by atoms with Crippen molar-refractivity contribution < 1.29 is 23.5 Å². The topological polar surface area (TPSA) is 83.9 Å².